The molecule has 0 unspecified atom stereocenters. The van der Waals surface area contributed by atoms with Crippen LogP contribution in [-0.4, -0.2) is 26.4 Å². The molecule has 2 heterocycles. The van der Waals surface area contributed by atoms with Gasteiger partial charge in [-0.15, -0.1) is 21.5 Å². The van der Waals surface area contributed by atoms with Gasteiger partial charge in [-0.05, 0) is 44.2 Å². The van der Waals surface area contributed by atoms with Gasteiger partial charge in [0.25, 0.3) is 0 Å². The Kier molecular flexibility index (Phi) is 6.56. The Bertz CT molecular complexity index is 1130. The number of nitriles is 1. The number of carbonyl (C=O) groups is 1. The number of rotatable bonds is 6. The highest BCUT2D eigenvalue weighted by atomic mass is 79.9. The lowest BCUT2D eigenvalue weighted by atomic mass is 9.96. The van der Waals surface area contributed by atoms with Gasteiger partial charge in [-0.1, -0.05) is 45.9 Å². The van der Waals surface area contributed by atoms with Crippen molar-refractivity contribution in [3.05, 3.63) is 44.7 Å². The summed E-state index contributed by atoms with van der Waals surface area (Å²) in [4.78, 5) is 13.8. The van der Waals surface area contributed by atoms with E-state index in [4.69, 9.17) is 0 Å². The van der Waals surface area contributed by atoms with E-state index in [-0.39, 0.29) is 11.7 Å². The largest absolute Gasteiger partial charge is 0.316 e. The standard InChI is InChI=1S/C21H20BrN5OS2/c1-2-27-19(14-8-3-5-9-16(14)22)25-26-21(27)29-12-18(28)24-20-15(11-23)13-7-4-6-10-17(13)30-20/h3,5,8-9H,2,4,6-7,10,12H2,1H3,(H,24,28). The predicted octanol–water partition coefficient (Wildman–Crippen LogP) is 5.27. The first kappa shape index (κ1) is 21.1. The molecule has 1 aromatic carbocycles. The number of halogens is 1. The van der Waals surface area contributed by atoms with Gasteiger partial charge in [0.2, 0.25) is 5.91 Å². The molecule has 1 N–H and O–H groups in total. The summed E-state index contributed by atoms with van der Waals surface area (Å²) in [6.45, 7) is 2.73. The van der Waals surface area contributed by atoms with Crippen LogP contribution in [0.15, 0.2) is 33.9 Å². The summed E-state index contributed by atoms with van der Waals surface area (Å²) in [6.07, 6.45) is 4.18. The third-order valence-electron chi connectivity index (χ3n) is 5.02. The molecule has 0 atom stereocenters. The van der Waals surface area contributed by atoms with E-state index in [0.717, 1.165) is 47.1 Å². The topological polar surface area (TPSA) is 83.6 Å². The maximum Gasteiger partial charge on any atom is 0.235 e. The second-order valence-electron chi connectivity index (χ2n) is 6.89. The van der Waals surface area contributed by atoms with E-state index in [9.17, 15) is 10.1 Å². The van der Waals surface area contributed by atoms with E-state index < -0.39 is 0 Å². The average molecular weight is 502 g/mol. The molecular formula is C21H20BrN5OS2. The van der Waals surface area contributed by atoms with Gasteiger partial charge >= 0.3 is 0 Å². The monoisotopic (exact) mass is 501 g/mol. The Morgan fingerprint density at radius 3 is 2.90 bits per heavy atom. The molecular weight excluding hydrogens is 482 g/mol. The number of amides is 1. The van der Waals surface area contributed by atoms with Crippen molar-refractivity contribution in [3.8, 4) is 17.5 Å². The summed E-state index contributed by atoms with van der Waals surface area (Å²) in [5, 5.41) is 22.5. The fourth-order valence-corrected chi connectivity index (χ4v) is 6.11. The molecule has 0 saturated heterocycles. The third-order valence-corrected chi connectivity index (χ3v) is 7.88. The smallest absolute Gasteiger partial charge is 0.235 e. The summed E-state index contributed by atoms with van der Waals surface area (Å²) in [6, 6.07) is 10.2. The van der Waals surface area contributed by atoms with Crippen molar-refractivity contribution in [1.29, 1.82) is 5.26 Å². The van der Waals surface area contributed by atoms with Crippen molar-refractivity contribution < 1.29 is 4.79 Å². The summed E-state index contributed by atoms with van der Waals surface area (Å²) in [5.74, 6) is 0.843. The summed E-state index contributed by atoms with van der Waals surface area (Å²) in [5.41, 5.74) is 2.73. The molecule has 0 aliphatic heterocycles. The lowest BCUT2D eigenvalue weighted by Gasteiger charge is -2.09. The van der Waals surface area contributed by atoms with Crippen LogP contribution in [0.1, 0.15) is 35.8 Å². The zero-order valence-corrected chi connectivity index (χ0v) is 19.7. The molecule has 2 aromatic heterocycles. The van der Waals surface area contributed by atoms with Gasteiger partial charge in [0, 0.05) is 21.5 Å². The zero-order chi connectivity index (χ0) is 21.1. The van der Waals surface area contributed by atoms with E-state index in [2.05, 4.69) is 37.5 Å². The van der Waals surface area contributed by atoms with Gasteiger partial charge in [-0.25, -0.2) is 0 Å². The van der Waals surface area contributed by atoms with Crippen LogP contribution < -0.4 is 5.32 Å². The minimum Gasteiger partial charge on any atom is -0.316 e. The predicted molar refractivity (Wildman–Crippen MR) is 124 cm³/mol. The maximum absolute atomic E-state index is 12.6. The molecule has 3 aromatic rings. The Hall–Kier alpha value is -2.15. The van der Waals surface area contributed by atoms with Crippen molar-refractivity contribution in [2.24, 2.45) is 0 Å². The van der Waals surface area contributed by atoms with Crippen LogP contribution in [-0.2, 0) is 24.2 Å². The number of nitrogens with zero attached hydrogens (tertiary/aromatic N) is 4. The number of fused-ring (bicyclic) bond motifs is 1. The van der Waals surface area contributed by atoms with Gasteiger partial charge in [-0.3, -0.25) is 4.79 Å². The molecule has 0 saturated carbocycles. The first-order valence-corrected chi connectivity index (χ1v) is 12.4. The SMILES string of the molecule is CCn1c(SCC(=O)Nc2sc3c(c2C#N)CCCC3)nnc1-c1ccccc1Br. The summed E-state index contributed by atoms with van der Waals surface area (Å²) < 4.78 is 2.95. The molecule has 9 heteroatoms. The van der Waals surface area contributed by atoms with E-state index in [1.165, 1.54) is 16.6 Å². The van der Waals surface area contributed by atoms with Gasteiger partial charge in [0.1, 0.15) is 11.1 Å². The molecule has 1 aliphatic carbocycles. The quantitative estimate of drug-likeness (QED) is 0.465. The second kappa shape index (κ2) is 9.33. The van der Waals surface area contributed by atoms with Crippen molar-refractivity contribution in [2.45, 2.75) is 44.3 Å². The van der Waals surface area contributed by atoms with Crippen molar-refractivity contribution in [3.63, 3.8) is 0 Å². The first-order valence-electron chi connectivity index (χ1n) is 9.77. The average Bonchev–Trinajstić information content (AvgIpc) is 3.32. The fraction of sp³-hybridized carbons (Fsp3) is 0.333. The summed E-state index contributed by atoms with van der Waals surface area (Å²) in [7, 11) is 0. The highest BCUT2D eigenvalue weighted by Gasteiger charge is 2.22. The van der Waals surface area contributed by atoms with E-state index in [0.29, 0.717) is 22.3 Å². The van der Waals surface area contributed by atoms with Crippen LogP contribution >= 0.6 is 39.0 Å². The van der Waals surface area contributed by atoms with E-state index in [1.807, 2.05) is 35.8 Å². The molecule has 0 radical (unpaired) electrons. The third kappa shape index (κ3) is 4.17. The molecule has 1 aliphatic rings. The number of nitrogens with one attached hydrogen (secondary N) is 1. The molecule has 30 heavy (non-hydrogen) atoms. The molecule has 1 amide bonds. The van der Waals surface area contributed by atoms with Gasteiger partial charge in [-0.2, -0.15) is 5.26 Å². The Labute approximate surface area is 191 Å². The zero-order valence-electron chi connectivity index (χ0n) is 16.4. The van der Waals surface area contributed by atoms with Gasteiger partial charge < -0.3 is 9.88 Å². The molecule has 0 spiro atoms. The number of aryl methyl sites for hydroxylation is 1. The van der Waals surface area contributed by atoms with E-state index >= 15 is 0 Å². The lowest BCUT2D eigenvalue weighted by Crippen LogP contribution is -2.14. The van der Waals surface area contributed by atoms with Crippen LogP contribution in [0.4, 0.5) is 5.00 Å². The van der Waals surface area contributed by atoms with Crippen molar-refractivity contribution in [1.82, 2.24) is 14.8 Å². The highest BCUT2D eigenvalue weighted by Crippen LogP contribution is 2.37. The van der Waals surface area contributed by atoms with Crippen LogP contribution in [0.3, 0.4) is 0 Å². The normalized spacial score (nSPS) is 13.0. The fourth-order valence-electron chi connectivity index (χ4n) is 3.59. The van der Waals surface area contributed by atoms with Crippen molar-refractivity contribution in [2.75, 3.05) is 11.1 Å². The number of thiophene rings is 1. The molecule has 0 bridgehead atoms. The van der Waals surface area contributed by atoms with Crippen LogP contribution in [0.2, 0.25) is 0 Å². The molecule has 154 valence electrons. The van der Waals surface area contributed by atoms with E-state index in [1.54, 1.807) is 11.3 Å². The number of hydrogen-bond donors (Lipinski definition) is 1. The van der Waals surface area contributed by atoms with Gasteiger partial charge in [0.05, 0.1) is 11.3 Å². The van der Waals surface area contributed by atoms with Crippen LogP contribution in [0.25, 0.3) is 11.4 Å². The minimum atomic E-state index is -0.136. The van der Waals surface area contributed by atoms with Crippen molar-refractivity contribution >= 4 is 49.9 Å². The highest BCUT2D eigenvalue weighted by molar-refractivity contribution is 9.10. The Morgan fingerprint density at radius 1 is 1.33 bits per heavy atom. The van der Waals surface area contributed by atoms with Gasteiger partial charge in [0.15, 0.2) is 11.0 Å². The number of benzene rings is 1. The minimum absolute atomic E-state index is 0.136. The number of hydrogen-bond acceptors (Lipinski definition) is 6. The lowest BCUT2D eigenvalue weighted by molar-refractivity contribution is -0.113. The molecule has 4 rings (SSSR count). The number of aromatic nitrogens is 3. The number of carbonyl (C=O) groups excluding carboxylic acids is 1. The molecule has 0 fully saturated rings. The maximum atomic E-state index is 12.6. The first-order chi connectivity index (χ1) is 14.6. The molecule has 6 nitrogen and oxygen atoms in total. The van der Waals surface area contributed by atoms with Crippen LogP contribution in [0, 0.1) is 11.3 Å². The van der Waals surface area contributed by atoms with Crippen LogP contribution in [0.5, 0.6) is 0 Å². The number of anilines is 1. The number of thioether (sulfide) groups is 1. The Balaban J connectivity index is 1.47. The summed E-state index contributed by atoms with van der Waals surface area (Å²) >= 11 is 6.46. The second-order valence-corrected chi connectivity index (χ2v) is 9.80. The Morgan fingerprint density at radius 2 is 2.13 bits per heavy atom.